The Hall–Kier alpha value is -2.67. The van der Waals surface area contributed by atoms with Crippen LogP contribution in [0.3, 0.4) is 0 Å². The van der Waals surface area contributed by atoms with E-state index >= 15 is 0 Å². The number of carboxylic acids is 1. The number of benzene rings is 1. The van der Waals surface area contributed by atoms with Crippen LogP contribution in [0.1, 0.15) is 67.3 Å². The summed E-state index contributed by atoms with van der Waals surface area (Å²) in [6, 6.07) is 9.26. The van der Waals surface area contributed by atoms with Gasteiger partial charge >= 0.3 is 5.97 Å². The Morgan fingerprint density at radius 3 is 2.45 bits per heavy atom. The second kappa shape index (κ2) is 9.64. The molecule has 1 aromatic heterocycles. The van der Waals surface area contributed by atoms with E-state index in [4.69, 9.17) is 5.11 Å². The molecule has 6 nitrogen and oxygen atoms in total. The molecule has 0 saturated carbocycles. The number of thiophene rings is 1. The van der Waals surface area contributed by atoms with Gasteiger partial charge in [-0.15, -0.1) is 11.3 Å². The van der Waals surface area contributed by atoms with Crippen molar-refractivity contribution in [2.24, 2.45) is 11.3 Å². The van der Waals surface area contributed by atoms with Gasteiger partial charge in [-0.25, -0.2) is 0 Å². The average Bonchev–Trinajstić information content (AvgIpc) is 3.04. The summed E-state index contributed by atoms with van der Waals surface area (Å²) in [6.45, 7) is 6.72. The van der Waals surface area contributed by atoms with E-state index in [1.54, 1.807) is 0 Å². The maximum Gasteiger partial charge on any atom is 0.303 e. The summed E-state index contributed by atoms with van der Waals surface area (Å²) in [5.74, 6) is -0.891. The second-order valence-electron chi connectivity index (χ2n) is 9.13. The fourth-order valence-corrected chi connectivity index (χ4v) is 5.30. The monoisotopic (exact) mass is 442 g/mol. The summed E-state index contributed by atoms with van der Waals surface area (Å²) in [5.41, 5.74) is 2.45. The highest BCUT2D eigenvalue weighted by atomic mass is 32.1. The van der Waals surface area contributed by atoms with E-state index in [1.807, 2.05) is 30.3 Å². The number of hydrogen-bond donors (Lipinski definition) is 3. The largest absolute Gasteiger partial charge is 0.481 e. The molecule has 2 amide bonds. The van der Waals surface area contributed by atoms with Crippen molar-refractivity contribution in [3.05, 3.63) is 46.3 Å². The zero-order chi connectivity index (χ0) is 22.6. The van der Waals surface area contributed by atoms with E-state index < -0.39 is 5.97 Å². The minimum Gasteiger partial charge on any atom is -0.481 e. The quantitative estimate of drug-likeness (QED) is 0.539. The summed E-state index contributed by atoms with van der Waals surface area (Å²) >= 11 is 1.48. The van der Waals surface area contributed by atoms with Gasteiger partial charge in [0, 0.05) is 23.4 Å². The number of aliphatic carboxylic acids is 1. The van der Waals surface area contributed by atoms with E-state index in [2.05, 4.69) is 31.4 Å². The number of amides is 2. The summed E-state index contributed by atoms with van der Waals surface area (Å²) in [6.07, 6.45) is 3.03. The van der Waals surface area contributed by atoms with E-state index in [0.29, 0.717) is 22.2 Å². The van der Waals surface area contributed by atoms with Crippen LogP contribution in [0.5, 0.6) is 0 Å². The molecule has 0 spiro atoms. The van der Waals surface area contributed by atoms with Crippen molar-refractivity contribution in [2.45, 2.75) is 59.3 Å². The highest BCUT2D eigenvalue weighted by molar-refractivity contribution is 7.17. The molecular formula is C24H30N2O4S. The van der Waals surface area contributed by atoms with Crippen LogP contribution in [0.2, 0.25) is 0 Å². The van der Waals surface area contributed by atoms with E-state index in [9.17, 15) is 14.4 Å². The van der Waals surface area contributed by atoms with Crippen molar-refractivity contribution >= 4 is 39.8 Å². The number of hydrogen-bond acceptors (Lipinski definition) is 4. The van der Waals surface area contributed by atoms with Gasteiger partial charge in [0.15, 0.2) is 0 Å². The molecule has 7 heteroatoms. The highest BCUT2D eigenvalue weighted by Crippen LogP contribution is 2.44. The molecule has 3 N–H and O–H groups in total. The van der Waals surface area contributed by atoms with Crippen molar-refractivity contribution in [2.75, 3.05) is 10.6 Å². The van der Waals surface area contributed by atoms with Crippen LogP contribution < -0.4 is 10.6 Å². The zero-order valence-electron chi connectivity index (χ0n) is 18.3. The number of anilines is 2. The van der Waals surface area contributed by atoms with Crippen molar-refractivity contribution in [1.29, 1.82) is 0 Å². The Balaban J connectivity index is 1.86. The molecule has 0 fully saturated rings. The third-order valence-corrected chi connectivity index (χ3v) is 6.97. The maximum atomic E-state index is 13.2. The molecule has 1 heterocycles. The molecule has 1 aliphatic carbocycles. The molecule has 31 heavy (non-hydrogen) atoms. The molecule has 0 radical (unpaired) electrons. The van der Waals surface area contributed by atoms with Gasteiger partial charge < -0.3 is 15.7 Å². The number of para-hydroxylation sites is 1. The number of carbonyl (C=O) groups excluding carboxylic acids is 2. The molecule has 3 rings (SSSR count). The molecule has 1 aliphatic rings. The maximum absolute atomic E-state index is 13.2. The number of rotatable bonds is 7. The van der Waals surface area contributed by atoms with Crippen LogP contribution in [0.25, 0.3) is 0 Å². The Labute approximate surface area is 187 Å². The van der Waals surface area contributed by atoms with Gasteiger partial charge in [-0.1, -0.05) is 39.0 Å². The number of nitrogens with one attached hydrogen (secondary N) is 2. The molecule has 1 aromatic carbocycles. The lowest BCUT2D eigenvalue weighted by molar-refractivity contribution is -0.137. The molecule has 0 bridgehead atoms. The van der Waals surface area contributed by atoms with E-state index in [1.165, 1.54) is 11.3 Å². The summed E-state index contributed by atoms with van der Waals surface area (Å²) < 4.78 is 0. The molecule has 2 aromatic rings. The van der Waals surface area contributed by atoms with Crippen LogP contribution in [-0.4, -0.2) is 22.9 Å². The lowest BCUT2D eigenvalue weighted by Gasteiger charge is -2.33. The predicted octanol–water partition coefficient (Wildman–Crippen LogP) is 5.34. The summed E-state index contributed by atoms with van der Waals surface area (Å²) in [4.78, 5) is 37.5. The van der Waals surface area contributed by atoms with Crippen LogP contribution >= 0.6 is 11.3 Å². The Bertz CT molecular complexity index is 960. The van der Waals surface area contributed by atoms with Gasteiger partial charge in [0.25, 0.3) is 5.91 Å². The average molecular weight is 443 g/mol. The first kappa shape index (κ1) is 23.0. The lowest BCUT2D eigenvalue weighted by Crippen LogP contribution is -2.27. The van der Waals surface area contributed by atoms with Crippen LogP contribution in [0.4, 0.5) is 10.7 Å². The highest BCUT2D eigenvalue weighted by Gasteiger charge is 2.34. The number of carboxylic acid groups (broad SMARTS) is 1. The van der Waals surface area contributed by atoms with Crippen LogP contribution in [-0.2, 0) is 22.4 Å². The molecule has 1 atom stereocenters. The SMILES string of the molecule is CC(C)(C)[C@H]1CCc2c(sc(NC(=O)CCCC(=O)O)c2C(=O)Nc2ccccc2)C1. The standard InChI is InChI=1S/C24H30N2O4S/c1-24(2,3)15-12-13-17-18(14-15)31-23(26-19(27)10-7-11-20(28)29)21(17)22(30)25-16-8-5-4-6-9-16/h4-6,8-9,15H,7,10-14H2,1-3H3,(H,25,30)(H,26,27)(H,28,29)/t15-/m0/s1. The fraction of sp³-hybridized carbons (Fsp3) is 0.458. The third kappa shape index (κ3) is 5.94. The lowest BCUT2D eigenvalue weighted by atomic mass is 9.72. The summed E-state index contributed by atoms with van der Waals surface area (Å²) in [5, 5.41) is 15.2. The minimum absolute atomic E-state index is 0.0526. The van der Waals surface area contributed by atoms with Crippen molar-refractivity contribution in [1.82, 2.24) is 0 Å². The topological polar surface area (TPSA) is 95.5 Å². The van der Waals surface area contributed by atoms with Crippen molar-refractivity contribution in [3.8, 4) is 0 Å². The van der Waals surface area contributed by atoms with Gasteiger partial charge in [0.1, 0.15) is 5.00 Å². The zero-order valence-corrected chi connectivity index (χ0v) is 19.1. The van der Waals surface area contributed by atoms with Gasteiger partial charge in [-0.05, 0) is 54.7 Å². The Kier molecular flexibility index (Phi) is 7.15. The molecule has 0 saturated heterocycles. The van der Waals surface area contributed by atoms with Gasteiger partial charge in [0.05, 0.1) is 5.56 Å². The van der Waals surface area contributed by atoms with Gasteiger partial charge in [-0.3, -0.25) is 14.4 Å². The fourth-order valence-electron chi connectivity index (χ4n) is 3.96. The smallest absolute Gasteiger partial charge is 0.303 e. The van der Waals surface area contributed by atoms with Crippen molar-refractivity contribution < 1.29 is 19.5 Å². The molecule has 0 unspecified atom stereocenters. The Morgan fingerprint density at radius 2 is 1.81 bits per heavy atom. The van der Waals surface area contributed by atoms with Crippen LogP contribution in [0, 0.1) is 11.3 Å². The minimum atomic E-state index is -0.921. The first-order valence-corrected chi connectivity index (χ1v) is 11.5. The van der Waals surface area contributed by atoms with E-state index in [-0.39, 0.29) is 36.5 Å². The Morgan fingerprint density at radius 1 is 1.10 bits per heavy atom. The van der Waals surface area contributed by atoms with Gasteiger partial charge in [0.2, 0.25) is 5.91 Å². The summed E-state index contributed by atoms with van der Waals surface area (Å²) in [7, 11) is 0. The third-order valence-electron chi connectivity index (χ3n) is 5.80. The molecule has 0 aliphatic heterocycles. The van der Waals surface area contributed by atoms with Crippen molar-refractivity contribution in [3.63, 3.8) is 0 Å². The van der Waals surface area contributed by atoms with Gasteiger partial charge in [-0.2, -0.15) is 0 Å². The van der Waals surface area contributed by atoms with E-state index in [0.717, 1.165) is 29.7 Å². The normalized spacial score (nSPS) is 15.8. The first-order chi connectivity index (χ1) is 14.6. The number of fused-ring (bicyclic) bond motifs is 1. The predicted molar refractivity (Wildman–Crippen MR) is 124 cm³/mol. The second-order valence-corrected chi connectivity index (χ2v) is 10.2. The molecular weight excluding hydrogens is 412 g/mol. The van der Waals surface area contributed by atoms with Crippen LogP contribution in [0.15, 0.2) is 30.3 Å². The first-order valence-electron chi connectivity index (χ1n) is 10.7. The molecule has 166 valence electrons. The number of carbonyl (C=O) groups is 3.